The van der Waals surface area contributed by atoms with Crippen molar-refractivity contribution in [2.45, 2.75) is 34.3 Å². The van der Waals surface area contributed by atoms with Crippen LogP contribution >= 0.6 is 0 Å². The normalized spacial score (nSPS) is 11.1. The lowest BCUT2D eigenvalue weighted by Gasteiger charge is -2.25. The highest BCUT2D eigenvalue weighted by molar-refractivity contribution is 6.10. The highest BCUT2D eigenvalue weighted by Crippen LogP contribution is 2.26. The summed E-state index contributed by atoms with van der Waals surface area (Å²) in [6.07, 6.45) is 0. The minimum atomic E-state index is -1.15. The highest BCUT2D eigenvalue weighted by Gasteiger charge is 2.21. The fraction of sp³-hybridized carbons (Fsp3) is 0.235. The zero-order chi connectivity index (χ0) is 31.0. The number of carbonyl (C=O) groups excluding carboxylic acids is 1. The zero-order valence-corrected chi connectivity index (χ0v) is 24.6. The summed E-state index contributed by atoms with van der Waals surface area (Å²) in [6, 6.07) is 25.1. The van der Waals surface area contributed by atoms with Gasteiger partial charge in [0.15, 0.2) is 0 Å². The van der Waals surface area contributed by atoms with Gasteiger partial charge in [-0.2, -0.15) is 0 Å². The van der Waals surface area contributed by atoms with Crippen LogP contribution in [-0.4, -0.2) is 35.5 Å². The minimum absolute atomic E-state index is 0.0415. The number of carboxylic acids is 1. The highest BCUT2D eigenvalue weighted by atomic mass is 17.1. The Kier molecular flexibility index (Phi) is 10.0. The number of amides is 1. The van der Waals surface area contributed by atoms with Gasteiger partial charge in [-0.3, -0.25) is 10.1 Å². The molecule has 0 fully saturated rings. The van der Waals surface area contributed by atoms with Crippen LogP contribution in [0.3, 0.4) is 0 Å². The van der Waals surface area contributed by atoms with Crippen molar-refractivity contribution >= 4 is 28.9 Å². The average Bonchev–Trinajstić information content (AvgIpc) is 2.98. The van der Waals surface area contributed by atoms with Gasteiger partial charge in [0.2, 0.25) is 0 Å². The summed E-state index contributed by atoms with van der Waals surface area (Å²) in [5.74, 6) is -0.295. The molecule has 0 bridgehead atoms. The minimum Gasteiger partial charge on any atom is -0.493 e. The Labute approximate surface area is 251 Å². The maximum absolute atomic E-state index is 12.7. The number of carbonyl (C=O) groups is 2. The Balaban J connectivity index is 1.27. The fourth-order valence-corrected chi connectivity index (χ4v) is 4.29. The molecule has 0 saturated heterocycles. The molecule has 4 rings (SSSR count). The molecule has 224 valence electrons. The van der Waals surface area contributed by atoms with E-state index in [1.54, 1.807) is 37.3 Å². The Morgan fingerprint density at radius 1 is 0.744 bits per heavy atom. The largest absolute Gasteiger partial charge is 0.493 e. The number of aromatic carboxylic acids is 1. The number of nitrogens with one attached hydrogen (secondary N) is 2. The molecule has 0 aromatic heterocycles. The summed E-state index contributed by atoms with van der Waals surface area (Å²) in [7, 11) is 0. The molecule has 4 aromatic rings. The maximum Gasteiger partial charge on any atom is 0.336 e. The van der Waals surface area contributed by atoms with E-state index in [-0.39, 0.29) is 23.1 Å². The number of rotatable bonds is 13. The van der Waals surface area contributed by atoms with Gasteiger partial charge >= 0.3 is 5.97 Å². The third kappa shape index (κ3) is 8.81. The number of hydrogen-bond acceptors (Lipinski definition) is 7. The van der Waals surface area contributed by atoms with Gasteiger partial charge in [0.05, 0.1) is 24.3 Å². The van der Waals surface area contributed by atoms with E-state index in [1.165, 1.54) is 12.1 Å². The van der Waals surface area contributed by atoms with Crippen LogP contribution in [0.5, 0.6) is 11.5 Å². The molecule has 0 aliphatic rings. The van der Waals surface area contributed by atoms with Crippen LogP contribution in [0.1, 0.15) is 51.3 Å². The summed E-state index contributed by atoms with van der Waals surface area (Å²) in [5.41, 5.74) is 4.68. The molecule has 4 aromatic carbocycles. The van der Waals surface area contributed by atoms with Crippen LogP contribution in [0.4, 0.5) is 17.1 Å². The predicted octanol–water partition coefficient (Wildman–Crippen LogP) is 7.47. The second-order valence-corrected chi connectivity index (χ2v) is 11.2. The molecule has 1 amide bonds. The van der Waals surface area contributed by atoms with Crippen molar-refractivity contribution in [3.8, 4) is 11.5 Å². The zero-order valence-electron chi connectivity index (χ0n) is 24.6. The quantitative estimate of drug-likeness (QED) is 0.0942. The summed E-state index contributed by atoms with van der Waals surface area (Å²) < 4.78 is 12.0. The number of benzene rings is 4. The first-order chi connectivity index (χ1) is 20.5. The van der Waals surface area contributed by atoms with Crippen LogP contribution in [0, 0.1) is 19.3 Å². The molecule has 9 nitrogen and oxygen atoms in total. The van der Waals surface area contributed by atoms with Gasteiger partial charge in [-0.05, 0) is 80.6 Å². The van der Waals surface area contributed by atoms with Gasteiger partial charge in [0.25, 0.3) is 5.91 Å². The van der Waals surface area contributed by atoms with Crippen molar-refractivity contribution in [2.24, 2.45) is 5.41 Å². The molecular weight excluding hydrogens is 548 g/mol. The lowest BCUT2D eigenvalue weighted by atomic mass is 9.96. The average molecular weight is 585 g/mol. The number of aryl methyl sites for hydroxylation is 2. The number of carboxylic acid groups (broad SMARTS) is 1. The molecule has 0 saturated carbocycles. The predicted molar refractivity (Wildman–Crippen MR) is 166 cm³/mol. The first kappa shape index (κ1) is 31.1. The van der Waals surface area contributed by atoms with E-state index in [2.05, 4.69) is 15.5 Å². The van der Waals surface area contributed by atoms with E-state index in [9.17, 15) is 14.7 Å². The van der Waals surface area contributed by atoms with Crippen LogP contribution in [0.2, 0.25) is 0 Å². The molecule has 4 N–H and O–H groups in total. The number of anilines is 3. The van der Waals surface area contributed by atoms with Crippen LogP contribution in [0.25, 0.3) is 0 Å². The van der Waals surface area contributed by atoms with Crippen LogP contribution in [0.15, 0.2) is 84.9 Å². The lowest BCUT2D eigenvalue weighted by molar-refractivity contribution is -0.252. The number of hydrogen-bond donors (Lipinski definition) is 4. The molecular formula is C34H36N2O7. The van der Waals surface area contributed by atoms with Crippen molar-refractivity contribution in [1.29, 1.82) is 0 Å². The topological polar surface area (TPSA) is 126 Å². The third-order valence-electron chi connectivity index (χ3n) is 6.64. The standard InChI is InChI=1S/C34H36N2O7/c1-22-6-16-31(24(17-22)19-43-40)35-25-7-11-27(12-8-25)41-20-34(3,4)21-42-28-13-9-26(10-14-28)36-32(37)29-15-5-23(2)18-30(29)33(38)39/h5-18,35,40H,19-21H2,1-4H3,(H,36,37)(H,38,39). The fourth-order valence-electron chi connectivity index (χ4n) is 4.29. The summed E-state index contributed by atoms with van der Waals surface area (Å²) in [6.45, 7) is 8.75. The molecule has 0 heterocycles. The summed E-state index contributed by atoms with van der Waals surface area (Å²) >= 11 is 0. The Bertz CT molecular complexity index is 1570. The second-order valence-electron chi connectivity index (χ2n) is 11.2. The molecule has 0 aliphatic heterocycles. The molecule has 0 unspecified atom stereocenters. The first-order valence-corrected chi connectivity index (χ1v) is 13.8. The van der Waals surface area contributed by atoms with Gasteiger partial charge in [-0.25, -0.2) is 9.68 Å². The molecule has 0 aliphatic carbocycles. The Hall–Kier alpha value is -4.86. The Morgan fingerprint density at radius 3 is 1.88 bits per heavy atom. The van der Waals surface area contributed by atoms with Crippen molar-refractivity contribution in [3.05, 3.63) is 113 Å². The monoisotopic (exact) mass is 584 g/mol. The van der Waals surface area contributed by atoms with Gasteiger partial charge in [-0.15, -0.1) is 0 Å². The molecule has 43 heavy (non-hydrogen) atoms. The van der Waals surface area contributed by atoms with Crippen molar-refractivity contribution < 1.29 is 34.3 Å². The third-order valence-corrected chi connectivity index (χ3v) is 6.64. The van der Waals surface area contributed by atoms with E-state index < -0.39 is 11.9 Å². The Morgan fingerprint density at radius 2 is 1.30 bits per heavy atom. The van der Waals surface area contributed by atoms with Gasteiger partial charge in [0, 0.05) is 28.0 Å². The van der Waals surface area contributed by atoms with Crippen LogP contribution < -0.4 is 20.1 Å². The van der Waals surface area contributed by atoms with E-state index in [1.807, 2.05) is 63.2 Å². The first-order valence-electron chi connectivity index (χ1n) is 13.8. The molecule has 0 radical (unpaired) electrons. The van der Waals surface area contributed by atoms with E-state index in [0.717, 1.165) is 33.8 Å². The summed E-state index contributed by atoms with van der Waals surface area (Å²) in [5, 5.41) is 24.4. The SMILES string of the molecule is Cc1ccc(Nc2ccc(OCC(C)(C)COc3ccc(NC(=O)c4ccc(C)cc4C(=O)O)cc3)cc2)c(COO)c1. The lowest BCUT2D eigenvalue weighted by Crippen LogP contribution is -2.28. The molecule has 0 spiro atoms. The van der Waals surface area contributed by atoms with Crippen LogP contribution in [-0.2, 0) is 11.5 Å². The number of ether oxygens (including phenoxy) is 2. The maximum atomic E-state index is 12.7. The van der Waals surface area contributed by atoms with Gasteiger partial charge in [0.1, 0.15) is 18.1 Å². The summed E-state index contributed by atoms with van der Waals surface area (Å²) in [4.78, 5) is 28.6. The van der Waals surface area contributed by atoms with Crippen molar-refractivity contribution in [1.82, 2.24) is 0 Å². The van der Waals surface area contributed by atoms with E-state index in [4.69, 9.17) is 14.7 Å². The van der Waals surface area contributed by atoms with E-state index >= 15 is 0 Å². The van der Waals surface area contributed by atoms with Crippen molar-refractivity contribution in [2.75, 3.05) is 23.8 Å². The second kappa shape index (κ2) is 13.9. The van der Waals surface area contributed by atoms with E-state index in [0.29, 0.717) is 24.7 Å². The van der Waals surface area contributed by atoms with Gasteiger partial charge in [-0.1, -0.05) is 43.2 Å². The van der Waals surface area contributed by atoms with Gasteiger partial charge < -0.3 is 25.2 Å². The molecule has 0 atom stereocenters. The smallest absolute Gasteiger partial charge is 0.336 e. The van der Waals surface area contributed by atoms with Crippen molar-refractivity contribution in [3.63, 3.8) is 0 Å². The molecule has 9 heteroatoms.